The number of nitrogens with zero attached hydrogens (tertiary/aromatic N) is 2. The molecule has 0 radical (unpaired) electrons. The van der Waals surface area contributed by atoms with Gasteiger partial charge in [-0.05, 0) is 50.2 Å². The monoisotopic (exact) mass is 349 g/mol. The average molecular weight is 349 g/mol. The third-order valence-electron chi connectivity index (χ3n) is 4.95. The molecule has 0 bridgehead atoms. The Bertz CT molecular complexity index is 616. The molecule has 0 aromatic heterocycles. The number of likely N-dealkylation sites (tertiary alicyclic amines) is 2. The van der Waals surface area contributed by atoms with Crippen LogP contribution in [0.4, 0.5) is 4.39 Å². The predicted molar refractivity (Wildman–Crippen MR) is 90.5 cm³/mol. The smallest absolute Gasteiger partial charge is 0.251 e. The number of aliphatic hydroxyl groups is 1. The van der Waals surface area contributed by atoms with Gasteiger partial charge in [0.1, 0.15) is 5.82 Å². The molecule has 2 aliphatic rings. The Morgan fingerprint density at radius 1 is 1.16 bits per heavy atom. The Hall–Kier alpha value is -1.99. The zero-order valence-corrected chi connectivity index (χ0v) is 14.2. The maximum Gasteiger partial charge on any atom is 0.251 e. The van der Waals surface area contributed by atoms with Crippen LogP contribution in [0.1, 0.15) is 29.6 Å². The molecule has 1 aromatic carbocycles. The van der Waals surface area contributed by atoms with Crippen molar-refractivity contribution in [3.05, 3.63) is 35.6 Å². The molecular weight excluding hydrogens is 325 g/mol. The van der Waals surface area contributed by atoms with Crippen LogP contribution in [0.25, 0.3) is 0 Å². The first-order valence-electron chi connectivity index (χ1n) is 8.78. The molecule has 3 rings (SSSR count). The first-order chi connectivity index (χ1) is 12.0. The van der Waals surface area contributed by atoms with E-state index in [-0.39, 0.29) is 30.8 Å². The first kappa shape index (κ1) is 17.8. The van der Waals surface area contributed by atoms with Crippen LogP contribution in [0.5, 0.6) is 0 Å². The molecule has 2 aliphatic heterocycles. The number of nitrogens with one attached hydrogen (secondary N) is 1. The van der Waals surface area contributed by atoms with Crippen LogP contribution in [0.15, 0.2) is 24.3 Å². The Labute approximate surface area is 146 Å². The summed E-state index contributed by atoms with van der Waals surface area (Å²) in [5, 5.41) is 12.9. The number of carbonyl (C=O) groups excluding carboxylic acids is 2. The van der Waals surface area contributed by atoms with E-state index < -0.39 is 11.9 Å². The zero-order valence-electron chi connectivity index (χ0n) is 14.2. The number of carbonyl (C=O) groups is 2. The van der Waals surface area contributed by atoms with Gasteiger partial charge in [-0.25, -0.2) is 4.39 Å². The van der Waals surface area contributed by atoms with E-state index in [1.54, 1.807) is 4.90 Å². The van der Waals surface area contributed by atoms with Gasteiger partial charge in [-0.3, -0.25) is 14.5 Å². The van der Waals surface area contributed by atoms with Gasteiger partial charge in [0, 0.05) is 31.6 Å². The van der Waals surface area contributed by atoms with Crippen molar-refractivity contribution in [3.8, 4) is 0 Å². The van der Waals surface area contributed by atoms with Crippen LogP contribution in [0, 0.1) is 5.82 Å². The molecule has 2 atom stereocenters. The van der Waals surface area contributed by atoms with Gasteiger partial charge < -0.3 is 15.3 Å². The normalized spacial score (nSPS) is 23.8. The van der Waals surface area contributed by atoms with Gasteiger partial charge in [0.05, 0.1) is 12.1 Å². The van der Waals surface area contributed by atoms with Crippen molar-refractivity contribution in [2.75, 3.05) is 32.7 Å². The molecule has 2 heterocycles. The zero-order chi connectivity index (χ0) is 17.8. The summed E-state index contributed by atoms with van der Waals surface area (Å²) < 4.78 is 12.9. The van der Waals surface area contributed by atoms with Gasteiger partial charge >= 0.3 is 0 Å². The highest BCUT2D eigenvalue weighted by Gasteiger charge is 2.38. The highest BCUT2D eigenvalue weighted by molar-refractivity contribution is 5.94. The van der Waals surface area contributed by atoms with Crippen molar-refractivity contribution in [1.82, 2.24) is 15.1 Å². The van der Waals surface area contributed by atoms with E-state index in [4.69, 9.17) is 0 Å². The maximum absolute atomic E-state index is 12.9. The minimum atomic E-state index is -0.504. The van der Waals surface area contributed by atoms with Gasteiger partial charge in [0.15, 0.2) is 0 Å². The maximum atomic E-state index is 12.9. The Morgan fingerprint density at radius 3 is 2.52 bits per heavy atom. The molecule has 0 unspecified atom stereocenters. The molecule has 2 amide bonds. The van der Waals surface area contributed by atoms with E-state index in [1.165, 1.54) is 24.3 Å². The SMILES string of the molecule is O=C(NCCC(=O)N1C[C@@H](O)[C@H](N2CCCC2)C1)c1ccc(F)cc1. The third kappa shape index (κ3) is 4.35. The summed E-state index contributed by atoms with van der Waals surface area (Å²) in [7, 11) is 0. The van der Waals surface area contributed by atoms with Crippen molar-refractivity contribution in [1.29, 1.82) is 0 Å². The summed E-state index contributed by atoms with van der Waals surface area (Å²) in [6.07, 6.45) is 1.97. The highest BCUT2D eigenvalue weighted by atomic mass is 19.1. The molecule has 0 spiro atoms. The number of hydrogen-bond acceptors (Lipinski definition) is 4. The standard InChI is InChI=1S/C18H24FN3O3/c19-14-5-3-13(4-6-14)18(25)20-8-7-17(24)22-11-15(16(23)12-22)21-9-1-2-10-21/h3-6,15-16,23H,1-2,7-12H2,(H,20,25)/t15-,16-/m1/s1. The number of aliphatic hydroxyl groups excluding tert-OH is 1. The number of benzene rings is 1. The summed E-state index contributed by atoms with van der Waals surface area (Å²) in [6.45, 7) is 3.09. The quantitative estimate of drug-likeness (QED) is 0.817. The Kier molecular flexibility index (Phi) is 5.65. The van der Waals surface area contributed by atoms with E-state index in [0.717, 1.165) is 25.9 Å². The van der Waals surface area contributed by atoms with Crippen molar-refractivity contribution in [2.45, 2.75) is 31.4 Å². The molecular formula is C18H24FN3O3. The van der Waals surface area contributed by atoms with Crippen LogP contribution < -0.4 is 5.32 Å². The minimum Gasteiger partial charge on any atom is -0.390 e. The summed E-state index contributed by atoms with van der Waals surface area (Å²) >= 11 is 0. The molecule has 0 aliphatic carbocycles. The van der Waals surface area contributed by atoms with E-state index in [2.05, 4.69) is 10.2 Å². The van der Waals surface area contributed by atoms with E-state index >= 15 is 0 Å². The lowest BCUT2D eigenvalue weighted by Gasteiger charge is -2.25. The summed E-state index contributed by atoms with van der Waals surface area (Å²) in [4.78, 5) is 28.2. The molecule has 2 saturated heterocycles. The number of hydrogen-bond donors (Lipinski definition) is 2. The largest absolute Gasteiger partial charge is 0.390 e. The predicted octanol–water partition coefficient (Wildman–Crippen LogP) is 0.613. The molecule has 1 aromatic rings. The molecule has 0 saturated carbocycles. The molecule has 7 heteroatoms. The lowest BCUT2D eigenvalue weighted by Crippen LogP contribution is -2.41. The molecule has 2 fully saturated rings. The fourth-order valence-electron chi connectivity index (χ4n) is 3.55. The van der Waals surface area contributed by atoms with E-state index in [1.807, 2.05) is 0 Å². The molecule has 136 valence electrons. The second kappa shape index (κ2) is 7.93. The van der Waals surface area contributed by atoms with E-state index in [0.29, 0.717) is 18.7 Å². The van der Waals surface area contributed by atoms with Gasteiger partial charge in [-0.15, -0.1) is 0 Å². The van der Waals surface area contributed by atoms with Gasteiger partial charge in [0.25, 0.3) is 5.91 Å². The van der Waals surface area contributed by atoms with Crippen molar-refractivity contribution in [2.24, 2.45) is 0 Å². The summed E-state index contributed by atoms with van der Waals surface area (Å²) in [5.74, 6) is -0.795. The highest BCUT2D eigenvalue weighted by Crippen LogP contribution is 2.21. The lowest BCUT2D eigenvalue weighted by atomic mass is 10.2. The van der Waals surface area contributed by atoms with Crippen molar-refractivity contribution < 1.29 is 19.1 Å². The first-order valence-corrected chi connectivity index (χ1v) is 8.78. The summed E-state index contributed by atoms with van der Waals surface area (Å²) in [6, 6.07) is 5.29. The number of β-amino-alcohol motifs (C(OH)–C–C–N with tert-alkyl or cyclic N) is 1. The van der Waals surface area contributed by atoms with Gasteiger partial charge in [0.2, 0.25) is 5.91 Å². The van der Waals surface area contributed by atoms with Crippen molar-refractivity contribution >= 4 is 11.8 Å². The van der Waals surface area contributed by atoms with Gasteiger partial charge in [-0.1, -0.05) is 0 Å². The van der Waals surface area contributed by atoms with Crippen LogP contribution in [-0.4, -0.2) is 71.6 Å². The average Bonchev–Trinajstić information content (AvgIpc) is 3.24. The Balaban J connectivity index is 1.43. The fraction of sp³-hybridized carbons (Fsp3) is 0.556. The topological polar surface area (TPSA) is 72.9 Å². The van der Waals surface area contributed by atoms with Crippen molar-refractivity contribution in [3.63, 3.8) is 0 Å². The van der Waals surface area contributed by atoms with Crippen LogP contribution in [0.3, 0.4) is 0 Å². The van der Waals surface area contributed by atoms with Crippen LogP contribution in [-0.2, 0) is 4.79 Å². The molecule has 2 N–H and O–H groups in total. The third-order valence-corrected chi connectivity index (χ3v) is 4.95. The molecule has 25 heavy (non-hydrogen) atoms. The fourth-order valence-corrected chi connectivity index (χ4v) is 3.55. The minimum absolute atomic E-state index is 0.0280. The number of amides is 2. The van der Waals surface area contributed by atoms with Crippen LogP contribution in [0.2, 0.25) is 0 Å². The number of halogens is 1. The van der Waals surface area contributed by atoms with Crippen LogP contribution >= 0.6 is 0 Å². The Morgan fingerprint density at radius 2 is 1.84 bits per heavy atom. The lowest BCUT2D eigenvalue weighted by molar-refractivity contribution is -0.130. The second-order valence-corrected chi connectivity index (χ2v) is 6.69. The number of rotatable bonds is 5. The second-order valence-electron chi connectivity index (χ2n) is 6.69. The van der Waals surface area contributed by atoms with Gasteiger partial charge in [-0.2, -0.15) is 0 Å². The molecule has 6 nitrogen and oxygen atoms in total. The van der Waals surface area contributed by atoms with E-state index in [9.17, 15) is 19.1 Å². The summed E-state index contributed by atoms with van der Waals surface area (Å²) in [5.41, 5.74) is 0.361.